The van der Waals surface area contributed by atoms with Gasteiger partial charge in [-0.05, 0) is 70.3 Å². The molecule has 0 saturated carbocycles. The van der Waals surface area contributed by atoms with E-state index in [0.717, 1.165) is 0 Å². The first-order chi connectivity index (χ1) is 8.48. The molecule has 0 bridgehead atoms. The summed E-state index contributed by atoms with van der Waals surface area (Å²) >= 11 is 0. The maximum atomic E-state index is 6.32. The summed E-state index contributed by atoms with van der Waals surface area (Å²) in [4.78, 5) is 2.44. The van der Waals surface area contributed by atoms with E-state index in [9.17, 15) is 0 Å². The molecule has 1 unspecified atom stereocenters. The normalized spacial score (nSPS) is 22.8. The first kappa shape index (κ1) is 13.6. The fraction of sp³-hybridized carbons (Fsp3) is 0.625. The lowest BCUT2D eigenvalue weighted by molar-refractivity contribution is 0.347. The SMILES string of the molecule is CN1CCCC(c2ccccc2C(C)(C)N)CC1. The molecular weight excluding hydrogens is 220 g/mol. The number of likely N-dealkylation sites (tertiary alicyclic amines) is 1. The molecule has 0 amide bonds. The zero-order chi connectivity index (χ0) is 13.2. The number of hydrogen-bond acceptors (Lipinski definition) is 2. The second-order valence-corrected chi connectivity index (χ2v) is 6.24. The van der Waals surface area contributed by atoms with E-state index in [-0.39, 0.29) is 5.54 Å². The van der Waals surface area contributed by atoms with E-state index in [4.69, 9.17) is 5.73 Å². The van der Waals surface area contributed by atoms with Crippen molar-refractivity contribution in [1.29, 1.82) is 0 Å². The van der Waals surface area contributed by atoms with E-state index < -0.39 is 0 Å². The van der Waals surface area contributed by atoms with Crippen molar-refractivity contribution in [3.63, 3.8) is 0 Å². The molecule has 1 heterocycles. The highest BCUT2D eigenvalue weighted by Gasteiger charge is 2.24. The van der Waals surface area contributed by atoms with Gasteiger partial charge < -0.3 is 10.6 Å². The standard InChI is InChI=1S/C16H26N2/c1-16(2,17)15-9-5-4-8-14(15)13-7-6-11-18(3)12-10-13/h4-5,8-9,13H,6-7,10-12,17H2,1-3H3. The van der Waals surface area contributed by atoms with Crippen molar-refractivity contribution in [2.45, 2.75) is 44.6 Å². The van der Waals surface area contributed by atoms with E-state index in [1.807, 2.05) is 0 Å². The van der Waals surface area contributed by atoms with Crippen LogP contribution in [0.2, 0.25) is 0 Å². The Morgan fingerprint density at radius 2 is 1.89 bits per heavy atom. The molecule has 18 heavy (non-hydrogen) atoms. The molecule has 0 aliphatic carbocycles. The van der Waals surface area contributed by atoms with E-state index in [1.54, 1.807) is 0 Å². The van der Waals surface area contributed by atoms with Crippen LogP contribution in [0.1, 0.15) is 50.2 Å². The predicted molar refractivity (Wildman–Crippen MR) is 77.7 cm³/mol. The third-order valence-corrected chi connectivity index (χ3v) is 4.05. The Kier molecular flexibility index (Phi) is 4.08. The van der Waals surface area contributed by atoms with Crippen molar-refractivity contribution in [1.82, 2.24) is 4.90 Å². The molecule has 2 rings (SSSR count). The minimum absolute atomic E-state index is 0.241. The van der Waals surface area contributed by atoms with Gasteiger partial charge in [-0.2, -0.15) is 0 Å². The Hall–Kier alpha value is -0.860. The smallest absolute Gasteiger partial charge is 0.0355 e. The highest BCUT2D eigenvalue weighted by Crippen LogP contribution is 2.33. The van der Waals surface area contributed by atoms with E-state index >= 15 is 0 Å². The lowest BCUT2D eigenvalue weighted by Crippen LogP contribution is -2.30. The molecule has 1 aliphatic heterocycles. The molecule has 1 aromatic rings. The van der Waals surface area contributed by atoms with Crippen molar-refractivity contribution in [3.05, 3.63) is 35.4 Å². The number of nitrogens with zero attached hydrogens (tertiary/aromatic N) is 1. The van der Waals surface area contributed by atoms with Gasteiger partial charge in [0.25, 0.3) is 0 Å². The third-order valence-electron chi connectivity index (χ3n) is 4.05. The molecular formula is C16H26N2. The Morgan fingerprint density at radius 3 is 2.61 bits per heavy atom. The average molecular weight is 246 g/mol. The van der Waals surface area contributed by atoms with Crippen molar-refractivity contribution < 1.29 is 0 Å². The number of rotatable bonds is 2. The quantitative estimate of drug-likeness (QED) is 0.869. The molecule has 100 valence electrons. The van der Waals surface area contributed by atoms with Crippen LogP contribution in [0, 0.1) is 0 Å². The molecule has 0 spiro atoms. The van der Waals surface area contributed by atoms with Crippen LogP contribution in [0.4, 0.5) is 0 Å². The second-order valence-electron chi connectivity index (χ2n) is 6.24. The first-order valence-electron chi connectivity index (χ1n) is 7.05. The maximum absolute atomic E-state index is 6.32. The van der Waals surface area contributed by atoms with Crippen molar-refractivity contribution >= 4 is 0 Å². The van der Waals surface area contributed by atoms with Gasteiger partial charge in [0.05, 0.1) is 0 Å². The Balaban J connectivity index is 2.27. The highest BCUT2D eigenvalue weighted by atomic mass is 15.1. The fourth-order valence-corrected chi connectivity index (χ4v) is 2.99. The predicted octanol–water partition coefficient (Wildman–Crippen LogP) is 3.08. The summed E-state index contributed by atoms with van der Waals surface area (Å²) in [6, 6.07) is 8.74. The van der Waals surface area contributed by atoms with E-state index in [1.165, 1.54) is 43.5 Å². The second kappa shape index (κ2) is 5.41. The largest absolute Gasteiger partial charge is 0.322 e. The number of hydrogen-bond donors (Lipinski definition) is 1. The summed E-state index contributed by atoms with van der Waals surface area (Å²) in [6.07, 6.45) is 3.83. The summed E-state index contributed by atoms with van der Waals surface area (Å²) in [7, 11) is 2.22. The molecule has 2 nitrogen and oxygen atoms in total. The zero-order valence-corrected chi connectivity index (χ0v) is 11.9. The lowest BCUT2D eigenvalue weighted by Gasteiger charge is -2.27. The van der Waals surface area contributed by atoms with Gasteiger partial charge >= 0.3 is 0 Å². The number of nitrogens with two attached hydrogens (primary N) is 1. The van der Waals surface area contributed by atoms with Crippen LogP contribution in [-0.4, -0.2) is 25.0 Å². The van der Waals surface area contributed by atoms with Gasteiger partial charge in [-0.1, -0.05) is 24.3 Å². The minimum atomic E-state index is -0.241. The molecule has 0 aromatic heterocycles. The Morgan fingerprint density at radius 1 is 1.17 bits per heavy atom. The molecule has 1 fully saturated rings. The van der Waals surface area contributed by atoms with E-state index in [2.05, 4.69) is 50.1 Å². The van der Waals surface area contributed by atoms with Crippen LogP contribution >= 0.6 is 0 Å². The molecule has 2 N–H and O–H groups in total. The van der Waals surface area contributed by atoms with Gasteiger partial charge in [0.2, 0.25) is 0 Å². The third kappa shape index (κ3) is 3.12. The molecule has 1 saturated heterocycles. The molecule has 2 heteroatoms. The van der Waals surface area contributed by atoms with E-state index in [0.29, 0.717) is 5.92 Å². The Labute approximate surface area is 111 Å². The van der Waals surface area contributed by atoms with Crippen molar-refractivity contribution in [2.75, 3.05) is 20.1 Å². The van der Waals surface area contributed by atoms with Gasteiger partial charge in [-0.3, -0.25) is 0 Å². The summed E-state index contributed by atoms with van der Waals surface area (Å²) in [6.45, 7) is 6.64. The summed E-state index contributed by atoms with van der Waals surface area (Å²) in [5.41, 5.74) is 8.87. The van der Waals surface area contributed by atoms with Gasteiger partial charge in [0.1, 0.15) is 0 Å². The number of benzene rings is 1. The summed E-state index contributed by atoms with van der Waals surface area (Å²) in [5, 5.41) is 0. The summed E-state index contributed by atoms with van der Waals surface area (Å²) in [5.74, 6) is 0.675. The Bertz CT molecular complexity index is 392. The summed E-state index contributed by atoms with van der Waals surface area (Å²) < 4.78 is 0. The van der Waals surface area contributed by atoms with Crippen LogP contribution in [0.3, 0.4) is 0 Å². The van der Waals surface area contributed by atoms with Crippen LogP contribution in [0.25, 0.3) is 0 Å². The van der Waals surface area contributed by atoms with Crippen LogP contribution < -0.4 is 5.73 Å². The first-order valence-corrected chi connectivity index (χ1v) is 7.05. The lowest BCUT2D eigenvalue weighted by atomic mass is 9.82. The van der Waals surface area contributed by atoms with Crippen LogP contribution in [-0.2, 0) is 5.54 Å². The molecule has 1 aliphatic rings. The van der Waals surface area contributed by atoms with Gasteiger partial charge in [0, 0.05) is 5.54 Å². The van der Waals surface area contributed by atoms with Crippen molar-refractivity contribution in [3.8, 4) is 0 Å². The molecule has 1 atom stereocenters. The fourth-order valence-electron chi connectivity index (χ4n) is 2.99. The van der Waals surface area contributed by atoms with Crippen LogP contribution in [0.15, 0.2) is 24.3 Å². The molecule has 0 radical (unpaired) electrons. The topological polar surface area (TPSA) is 29.3 Å². The van der Waals surface area contributed by atoms with Gasteiger partial charge in [-0.25, -0.2) is 0 Å². The molecule has 1 aromatic carbocycles. The van der Waals surface area contributed by atoms with Gasteiger partial charge in [-0.15, -0.1) is 0 Å². The van der Waals surface area contributed by atoms with Crippen LogP contribution in [0.5, 0.6) is 0 Å². The monoisotopic (exact) mass is 246 g/mol. The zero-order valence-electron chi connectivity index (χ0n) is 11.9. The maximum Gasteiger partial charge on any atom is 0.0355 e. The highest BCUT2D eigenvalue weighted by molar-refractivity contribution is 5.35. The average Bonchev–Trinajstić information content (AvgIpc) is 2.53. The van der Waals surface area contributed by atoms with Crippen molar-refractivity contribution in [2.24, 2.45) is 5.73 Å². The van der Waals surface area contributed by atoms with Gasteiger partial charge in [0.15, 0.2) is 0 Å². The minimum Gasteiger partial charge on any atom is -0.322 e.